The molecular weight excluding hydrogens is 454 g/mol. The topological polar surface area (TPSA) is 112 Å². The maximum Gasteiger partial charge on any atom is 0.269 e. The number of anilines is 1. The van der Waals surface area contributed by atoms with Crippen molar-refractivity contribution in [3.8, 4) is 5.75 Å². The second kappa shape index (κ2) is 11.0. The van der Waals surface area contributed by atoms with Gasteiger partial charge in [0, 0.05) is 24.4 Å². The van der Waals surface area contributed by atoms with Crippen LogP contribution in [0.5, 0.6) is 5.75 Å². The van der Waals surface area contributed by atoms with Gasteiger partial charge in [0.25, 0.3) is 5.69 Å². The number of amides is 1. The summed E-state index contributed by atoms with van der Waals surface area (Å²) < 4.78 is 7.74. The fourth-order valence-corrected chi connectivity index (χ4v) is 3.80. The largest absolute Gasteiger partial charge is 0.486 e. The molecule has 178 valence electrons. The SMILES string of the molecule is C=CCn1c(COc2ccc(C(C)(C)C)cc2)nnc1SCC(=O)Nc1ccc([N+](=O)[O-])cc1. The van der Waals surface area contributed by atoms with Crippen LogP contribution in [0.25, 0.3) is 0 Å². The summed E-state index contributed by atoms with van der Waals surface area (Å²) in [6.45, 7) is 11.0. The highest BCUT2D eigenvalue weighted by Crippen LogP contribution is 2.25. The van der Waals surface area contributed by atoms with Crippen molar-refractivity contribution in [3.63, 3.8) is 0 Å². The Morgan fingerprint density at radius 1 is 1.18 bits per heavy atom. The summed E-state index contributed by atoms with van der Waals surface area (Å²) in [5.41, 5.74) is 1.74. The molecule has 0 bridgehead atoms. The number of allylic oxidation sites excluding steroid dienone is 1. The Bertz CT molecular complexity index is 1150. The molecule has 0 radical (unpaired) electrons. The van der Waals surface area contributed by atoms with Crippen molar-refractivity contribution in [3.05, 3.63) is 82.7 Å². The van der Waals surface area contributed by atoms with Crippen LogP contribution in [-0.2, 0) is 23.4 Å². The molecule has 2 aromatic carbocycles. The number of thioether (sulfide) groups is 1. The Labute approximate surface area is 202 Å². The van der Waals surface area contributed by atoms with E-state index in [1.165, 1.54) is 41.6 Å². The summed E-state index contributed by atoms with van der Waals surface area (Å²) in [7, 11) is 0. The highest BCUT2D eigenvalue weighted by atomic mass is 32.2. The molecule has 0 aliphatic rings. The number of rotatable bonds is 10. The first-order valence-electron chi connectivity index (χ1n) is 10.6. The van der Waals surface area contributed by atoms with E-state index >= 15 is 0 Å². The molecule has 34 heavy (non-hydrogen) atoms. The number of nitro groups is 1. The first-order valence-corrected chi connectivity index (χ1v) is 11.6. The Kier molecular flexibility index (Phi) is 8.06. The third kappa shape index (κ3) is 6.67. The molecule has 3 rings (SSSR count). The van der Waals surface area contributed by atoms with Gasteiger partial charge >= 0.3 is 0 Å². The van der Waals surface area contributed by atoms with Crippen LogP contribution in [0.1, 0.15) is 32.2 Å². The van der Waals surface area contributed by atoms with E-state index in [9.17, 15) is 14.9 Å². The zero-order valence-electron chi connectivity index (χ0n) is 19.4. The average molecular weight is 482 g/mol. The molecule has 1 N–H and O–H groups in total. The lowest BCUT2D eigenvalue weighted by molar-refractivity contribution is -0.384. The Morgan fingerprint density at radius 2 is 1.85 bits per heavy atom. The number of hydrogen-bond acceptors (Lipinski definition) is 7. The van der Waals surface area contributed by atoms with Crippen molar-refractivity contribution in [1.82, 2.24) is 14.8 Å². The van der Waals surface area contributed by atoms with E-state index in [0.717, 1.165) is 5.75 Å². The second-order valence-corrected chi connectivity index (χ2v) is 9.44. The fourth-order valence-electron chi connectivity index (χ4n) is 3.04. The molecule has 10 heteroatoms. The Morgan fingerprint density at radius 3 is 2.44 bits per heavy atom. The minimum absolute atomic E-state index is 0.0372. The molecule has 0 aliphatic carbocycles. The van der Waals surface area contributed by atoms with Gasteiger partial charge in [0.05, 0.1) is 10.7 Å². The van der Waals surface area contributed by atoms with Crippen LogP contribution in [0, 0.1) is 10.1 Å². The zero-order chi connectivity index (χ0) is 24.7. The van der Waals surface area contributed by atoms with E-state index in [-0.39, 0.29) is 29.4 Å². The van der Waals surface area contributed by atoms with E-state index in [4.69, 9.17) is 4.74 Å². The van der Waals surface area contributed by atoms with Crippen LogP contribution in [0.3, 0.4) is 0 Å². The van der Waals surface area contributed by atoms with E-state index in [1.54, 1.807) is 6.08 Å². The van der Waals surface area contributed by atoms with Gasteiger partial charge in [-0.15, -0.1) is 16.8 Å². The third-order valence-electron chi connectivity index (χ3n) is 4.89. The monoisotopic (exact) mass is 481 g/mol. The van der Waals surface area contributed by atoms with Gasteiger partial charge in [0.15, 0.2) is 11.0 Å². The number of aromatic nitrogens is 3. The number of benzene rings is 2. The lowest BCUT2D eigenvalue weighted by Gasteiger charge is -2.19. The van der Waals surface area contributed by atoms with Crippen molar-refractivity contribution in [2.45, 2.75) is 44.5 Å². The Balaban J connectivity index is 1.59. The summed E-state index contributed by atoms with van der Waals surface area (Å²) in [5.74, 6) is 1.20. The first-order chi connectivity index (χ1) is 16.2. The minimum atomic E-state index is -0.490. The van der Waals surface area contributed by atoms with Gasteiger partial charge in [-0.05, 0) is 35.2 Å². The van der Waals surface area contributed by atoms with Crippen LogP contribution >= 0.6 is 11.8 Å². The number of carbonyl (C=O) groups excluding carboxylic acids is 1. The smallest absolute Gasteiger partial charge is 0.269 e. The standard InChI is InChI=1S/C24H27N5O4S/c1-5-14-28-21(15-33-20-12-6-17(7-13-20)24(2,3)4)26-27-23(28)34-16-22(30)25-18-8-10-19(11-9-18)29(31)32/h5-13H,1,14-16H2,2-4H3,(H,25,30). The van der Waals surface area contributed by atoms with E-state index in [1.807, 2.05) is 16.7 Å². The number of non-ortho nitro benzene ring substituents is 1. The first kappa shape index (κ1) is 25.0. The minimum Gasteiger partial charge on any atom is -0.486 e. The van der Waals surface area contributed by atoms with Crippen molar-refractivity contribution < 1.29 is 14.5 Å². The van der Waals surface area contributed by atoms with Crippen molar-refractivity contribution in [1.29, 1.82) is 0 Å². The molecule has 0 aliphatic heterocycles. The molecule has 9 nitrogen and oxygen atoms in total. The molecule has 3 aromatic rings. The molecule has 1 amide bonds. The predicted octanol–water partition coefficient (Wildman–Crippen LogP) is 4.98. The summed E-state index contributed by atoms with van der Waals surface area (Å²) in [4.78, 5) is 22.6. The average Bonchev–Trinajstić information content (AvgIpc) is 3.18. The number of nitrogens with one attached hydrogen (secondary N) is 1. The van der Waals surface area contributed by atoms with Gasteiger partial charge in [-0.3, -0.25) is 19.5 Å². The molecule has 0 atom stereocenters. The van der Waals surface area contributed by atoms with Gasteiger partial charge in [0.2, 0.25) is 5.91 Å². The van der Waals surface area contributed by atoms with E-state index < -0.39 is 4.92 Å². The molecule has 1 aromatic heterocycles. The summed E-state index contributed by atoms with van der Waals surface area (Å²) >= 11 is 1.24. The number of carbonyl (C=O) groups is 1. The number of hydrogen-bond donors (Lipinski definition) is 1. The van der Waals surface area contributed by atoms with E-state index in [0.29, 0.717) is 23.2 Å². The van der Waals surface area contributed by atoms with Gasteiger partial charge in [-0.1, -0.05) is 50.7 Å². The molecule has 0 fully saturated rings. The fraction of sp³-hybridized carbons (Fsp3) is 0.292. The molecule has 0 saturated heterocycles. The van der Waals surface area contributed by atoms with Gasteiger partial charge in [0.1, 0.15) is 12.4 Å². The zero-order valence-corrected chi connectivity index (χ0v) is 20.2. The van der Waals surface area contributed by atoms with Crippen LogP contribution in [0.15, 0.2) is 66.3 Å². The highest BCUT2D eigenvalue weighted by molar-refractivity contribution is 7.99. The molecule has 0 spiro atoms. The van der Waals surface area contributed by atoms with Gasteiger partial charge in [-0.2, -0.15) is 0 Å². The normalized spacial score (nSPS) is 11.1. The lowest BCUT2D eigenvalue weighted by Crippen LogP contribution is -2.15. The third-order valence-corrected chi connectivity index (χ3v) is 5.85. The second-order valence-electron chi connectivity index (χ2n) is 8.50. The Hall–Kier alpha value is -3.66. The van der Waals surface area contributed by atoms with Gasteiger partial charge < -0.3 is 10.1 Å². The summed E-state index contributed by atoms with van der Waals surface area (Å²) in [6.07, 6.45) is 1.73. The number of nitrogens with zero attached hydrogens (tertiary/aromatic N) is 4. The number of nitro benzene ring substituents is 1. The number of ether oxygens (including phenoxy) is 1. The molecule has 0 saturated carbocycles. The summed E-state index contributed by atoms with van der Waals surface area (Å²) in [5, 5.41) is 22.4. The van der Waals surface area contributed by atoms with Crippen LogP contribution in [-0.4, -0.2) is 31.3 Å². The van der Waals surface area contributed by atoms with Crippen LogP contribution in [0.2, 0.25) is 0 Å². The van der Waals surface area contributed by atoms with Crippen molar-refractivity contribution in [2.24, 2.45) is 0 Å². The molecular formula is C24H27N5O4S. The molecule has 0 unspecified atom stereocenters. The molecule has 1 heterocycles. The van der Waals surface area contributed by atoms with Crippen LogP contribution < -0.4 is 10.1 Å². The highest BCUT2D eigenvalue weighted by Gasteiger charge is 2.16. The maximum absolute atomic E-state index is 12.3. The van der Waals surface area contributed by atoms with Crippen molar-refractivity contribution >= 4 is 29.0 Å². The van der Waals surface area contributed by atoms with Crippen LogP contribution in [0.4, 0.5) is 11.4 Å². The van der Waals surface area contributed by atoms with Crippen molar-refractivity contribution in [2.75, 3.05) is 11.1 Å². The van der Waals surface area contributed by atoms with Gasteiger partial charge in [-0.25, -0.2) is 0 Å². The quantitative estimate of drug-likeness (QED) is 0.188. The maximum atomic E-state index is 12.3. The lowest BCUT2D eigenvalue weighted by atomic mass is 9.87. The summed E-state index contributed by atoms with van der Waals surface area (Å²) in [6, 6.07) is 13.6. The van der Waals surface area contributed by atoms with E-state index in [2.05, 4.69) is 55.0 Å². The predicted molar refractivity (Wildman–Crippen MR) is 132 cm³/mol.